The normalized spacial score (nSPS) is 9.12. The van der Waals surface area contributed by atoms with E-state index in [-0.39, 0.29) is 69.8 Å². The van der Waals surface area contributed by atoms with E-state index >= 15 is 0 Å². The first-order valence-corrected chi connectivity index (χ1v) is 26.3. The number of nitrogens with two attached hydrogens (primary N) is 2. The van der Waals surface area contributed by atoms with Crippen molar-refractivity contribution >= 4 is 76.8 Å². The summed E-state index contributed by atoms with van der Waals surface area (Å²) >= 11 is 3.96. The Morgan fingerprint density at radius 1 is 0.576 bits per heavy atom. The van der Waals surface area contributed by atoms with Gasteiger partial charge >= 0.3 is 36.7 Å². The van der Waals surface area contributed by atoms with Gasteiger partial charge in [0.15, 0.2) is 5.11 Å². The SMILES string of the molecule is C.C.NC(=S)Nc1cccc(OCc2ccccc2)c1.Nc1cccc(OCc2ccccc2)c1.O=[N+]([O-])c1cccc(O)c1.O=[N+]([O-])c1cccc(OCc2ccccc2)c1.[Cl][Sn][Cl].[Y]. The minimum absolute atomic E-state index is 0. The fraction of sp³-hybridized carbons (Fsp3) is 0.104. The van der Waals surface area contributed by atoms with Crippen LogP contribution >= 0.6 is 30.1 Å². The molecule has 66 heavy (non-hydrogen) atoms. The summed E-state index contributed by atoms with van der Waals surface area (Å²) < 4.78 is 16.8. The molecule has 18 heteroatoms. The molecule has 3 radical (unpaired) electrons. The second-order valence-corrected chi connectivity index (χ2v) is 17.2. The Bertz CT molecular complexity index is 2440. The number of ether oxygens (including phenoxy) is 3. The van der Waals surface area contributed by atoms with Crippen LogP contribution in [-0.2, 0) is 52.5 Å². The Morgan fingerprint density at radius 2 is 0.939 bits per heavy atom. The number of thiocarbonyl (C=S) groups is 1. The number of nitro groups is 2. The molecule has 13 nitrogen and oxygen atoms in total. The Balaban J connectivity index is 0.000000837. The van der Waals surface area contributed by atoms with Gasteiger partial charge in [0.1, 0.15) is 42.8 Å². The maximum Gasteiger partial charge on any atom is 0 e. The van der Waals surface area contributed by atoms with Gasteiger partial charge in [0.05, 0.1) is 22.0 Å². The summed E-state index contributed by atoms with van der Waals surface area (Å²) in [5, 5.41) is 32.5. The Kier molecular flexibility index (Phi) is 32.8. The first kappa shape index (κ1) is 60.5. The van der Waals surface area contributed by atoms with Gasteiger partial charge in [-0.15, -0.1) is 0 Å². The number of hydrogen-bond donors (Lipinski definition) is 4. The summed E-state index contributed by atoms with van der Waals surface area (Å²) in [4.78, 5) is 19.6. The van der Waals surface area contributed by atoms with Gasteiger partial charge in [-0.1, -0.05) is 130 Å². The maximum atomic E-state index is 10.6. The van der Waals surface area contributed by atoms with Gasteiger partial charge in [0.2, 0.25) is 0 Å². The Hall–Kier alpha value is -5.49. The molecule has 0 aliphatic rings. The number of hydrogen-bond acceptors (Lipinski definition) is 10. The third-order valence-electron chi connectivity index (χ3n) is 7.77. The van der Waals surface area contributed by atoms with Crippen LogP contribution in [0.4, 0.5) is 22.7 Å². The largest absolute Gasteiger partial charge is 0 e. The fourth-order valence-electron chi connectivity index (χ4n) is 4.93. The van der Waals surface area contributed by atoms with Crippen molar-refractivity contribution in [3.05, 3.63) is 225 Å². The molecule has 7 rings (SSSR count). The number of nitrogens with zero attached hydrogens (tertiary/aromatic N) is 2. The van der Waals surface area contributed by atoms with Crippen LogP contribution < -0.4 is 31.0 Å². The molecule has 0 saturated heterocycles. The second-order valence-electron chi connectivity index (χ2n) is 12.5. The van der Waals surface area contributed by atoms with Gasteiger partial charge in [-0.2, -0.15) is 0 Å². The van der Waals surface area contributed by atoms with Crippen LogP contribution in [0.1, 0.15) is 31.5 Å². The van der Waals surface area contributed by atoms with E-state index in [9.17, 15) is 20.2 Å². The molecule has 6 N–H and O–H groups in total. The van der Waals surface area contributed by atoms with Crippen LogP contribution in [-0.4, -0.2) is 39.0 Å². The van der Waals surface area contributed by atoms with Crippen LogP contribution in [0.3, 0.4) is 0 Å². The first-order chi connectivity index (χ1) is 30.4. The number of benzene rings is 7. The molecule has 0 aliphatic heterocycles. The Morgan fingerprint density at radius 3 is 1.32 bits per heavy atom. The zero-order valence-corrected chi connectivity index (χ0v) is 42.1. The molecule has 0 spiro atoms. The predicted molar refractivity (Wildman–Crippen MR) is 269 cm³/mol. The van der Waals surface area contributed by atoms with Crippen LogP contribution in [0.15, 0.2) is 188 Å². The van der Waals surface area contributed by atoms with Crippen molar-refractivity contribution < 1.29 is 61.9 Å². The second kappa shape index (κ2) is 35.7. The third kappa shape index (κ3) is 26.5. The number of non-ortho nitro benzene ring substituents is 2. The number of nitro benzene ring substituents is 2. The van der Waals surface area contributed by atoms with Crippen molar-refractivity contribution in [2.45, 2.75) is 34.7 Å². The number of phenols is 1. The molecule has 0 unspecified atom stereocenters. The van der Waals surface area contributed by atoms with Crippen molar-refractivity contribution in [1.29, 1.82) is 0 Å². The minimum atomic E-state index is -0.826. The van der Waals surface area contributed by atoms with Crippen LogP contribution in [0.2, 0.25) is 0 Å². The van der Waals surface area contributed by atoms with E-state index in [4.69, 9.17) is 60.8 Å². The van der Waals surface area contributed by atoms with Crippen molar-refractivity contribution in [3.8, 4) is 23.0 Å². The zero-order chi connectivity index (χ0) is 45.7. The molecule has 0 aromatic heterocycles. The van der Waals surface area contributed by atoms with Crippen LogP contribution in [0.5, 0.6) is 23.0 Å². The Labute approximate surface area is 434 Å². The quantitative estimate of drug-likeness (QED) is 0.0297. The molecular weight excluding hydrogens is 1090 g/mol. The van der Waals surface area contributed by atoms with Gasteiger partial charge in [-0.25, -0.2) is 0 Å². The number of nitrogens with one attached hydrogen (secondary N) is 1. The van der Waals surface area contributed by atoms with Crippen molar-refractivity contribution in [2.24, 2.45) is 5.73 Å². The van der Waals surface area contributed by atoms with E-state index in [1.807, 2.05) is 140 Å². The summed E-state index contributed by atoms with van der Waals surface area (Å²) in [6.07, 6.45) is 0. The molecule has 0 fully saturated rings. The monoisotopic (exact) mass is 1140 g/mol. The average Bonchev–Trinajstić information content (AvgIpc) is 3.29. The molecule has 0 atom stereocenters. The van der Waals surface area contributed by atoms with Crippen LogP contribution in [0, 0.1) is 20.2 Å². The number of phenolic OH excluding ortho intramolecular Hbond substituents is 1. The first-order valence-electron chi connectivity index (χ1n) is 18.6. The molecule has 0 bridgehead atoms. The van der Waals surface area contributed by atoms with E-state index in [1.54, 1.807) is 12.1 Å². The van der Waals surface area contributed by atoms with E-state index in [1.165, 1.54) is 30.3 Å². The zero-order valence-electron chi connectivity index (χ0n) is 34.1. The van der Waals surface area contributed by atoms with Gasteiger partial charge in [-0.05, 0) is 65.3 Å². The van der Waals surface area contributed by atoms with E-state index < -0.39 is 28.7 Å². The molecule has 0 aliphatic carbocycles. The molecular formula is C48H51Cl2N5O8SSnY. The van der Waals surface area contributed by atoms with E-state index in [2.05, 4.69) is 5.32 Å². The average molecular weight is 1140 g/mol. The van der Waals surface area contributed by atoms with Crippen molar-refractivity contribution in [1.82, 2.24) is 0 Å². The topological polar surface area (TPSA) is 198 Å². The van der Waals surface area contributed by atoms with Gasteiger partial charge in [0.25, 0.3) is 11.4 Å². The maximum absolute atomic E-state index is 10.6. The molecule has 7 aromatic carbocycles. The molecule has 343 valence electrons. The summed E-state index contributed by atoms with van der Waals surface area (Å²) in [6.45, 7) is 1.52. The number of anilines is 2. The predicted octanol–water partition coefficient (Wildman–Crippen LogP) is 12.5. The molecule has 7 aromatic rings. The van der Waals surface area contributed by atoms with Crippen molar-refractivity contribution in [3.63, 3.8) is 0 Å². The number of halogens is 2. The van der Waals surface area contributed by atoms with E-state index in [0.29, 0.717) is 25.6 Å². The van der Waals surface area contributed by atoms with Gasteiger partial charge < -0.3 is 36.1 Å². The fourth-order valence-corrected chi connectivity index (χ4v) is 5.04. The molecule has 0 heterocycles. The summed E-state index contributed by atoms with van der Waals surface area (Å²) in [7, 11) is 9.87. The van der Waals surface area contributed by atoms with E-state index in [0.717, 1.165) is 45.6 Å². The van der Waals surface area contributed by atoms with Gasteiger partial charge in [0, 0.05) is 68.3 Å². The van der Waals surface area contributed by atoms with Crippen LogP contribution in [0.25, 0.3) is 0 Å². The summed E-state index contributed by atoms with van der Waals surface area (Å²) in [5.41, 5.74) is 15.9. The van der Waals surface area contributed by atoms with Crippen molar-refractivity contribution in [2.75, 3.05) is 11.1 Å². The van der Waals surface area contributed by atoms with Gasteiger partial charge in [-0.3, -0.25) is 20.2 Å². The standard InChI is InChI=1S/C14H14N2OS.C13H11NO3.C13H13NO.C6H5NO3.2CH4.2ClH.Sn.Y/c15-14(18)16-12-7-4-8-13(9-12)17-10-11-5-2-1-3-6-11;15-14(16)12-7-4-8-13(9-12)17-10-11-5-2-1-3-6-11;14-12-7-4-8-13(9-12)15-10-11-5-2-1-3-6-11;8-6-3-1-2-5(4-6)7(9)10;;;;;;/h1-9H,10H2,(H3,15,16,18);1-9H,10H2;1-9H,10,14H2;1-4,8H;2*1H4;2*1H;;/q;;;;;;;;+2;/p-2. The summed E-state index contributed by atoms with van der Waals surface area (Å²) in [6, 6.07) is 56.1. The smallest absolute Gasteiger partial charge is 0 e. The third-order valence-corrected chi connectivity index (χ3v) is 7.88. The molecule has 0 saturated carbocycles. The number of aromatic hydroxyl groups is 1. The number of rotatable bonds is 12. The minimum Gasteiger partial charge on any atom is 0 e. The molecule has 0 amide bonds. The summed E-state index contributed by atoms with van der Waals surface area (Å²) in [5.74, 6) is 2.00. The number of nitrogen functional groups attached to an aromatic ring is 1.